The summed E-state index contributed by atoms with van der Waals surface area (Å²) in [4.78, 5) is 25.2. The number of esters is 2. The lowest BCUT2D eigenvalue weighted by molar-refractivity contribution is -0.333. The molecule has 4 fully saturated rings. The van der Waals surface area contributed by atoms with Gasteiger partial charge < -0.3 is 33.9 Å². The van der Waals surface area contributed by atoms with Crippen molar-refractivity contribution >= 4 is 11.9 Å². The summed E-state index contributed by atoms with van der Waals surface area (Å²) in [6.07, 6.45) is 2.27. The molecule has 3 N–H and O–H groups in total. The maximum atomic E-state index is 13.5. The van der Waals surface area contributed by atoms with Crippen LogP contribution in [0.4, 0.5) is 0 Å². The third kappa shape index (κ3) is 2.40. The molecule has 170 valence electrons. The third-order valence-electron chi connectivity index (χ3n) is 8.53. The Morgan fingerprint density at radius 2 is 2.06 bits per heavy atom. The van der Waals surface area contributed by atoms with Crippen molar-refractivity contribution in [3.63, 3.8) is 0 Å². The van der Waals surface area contributed by atoms with Gasteiger partial charge in [0.15, 0.2) is 5.79 Å². The Labute approximate surface area is 179 Å². The van der Waals surface area contributed by atoms with Gasteiger partial charge in [0.1, 0.15) is 18.3 Å². The zero-order valence-corrected chi connectivity index (χ0v) is 17.6. The van der Waals surface area contributed by atoms with Crippen molar-refractivity contribution in [3.05, 3.63) is 24.2 Å². The SMILES string of the molecule is CC(=O)OC[C@@]12[C@@H]3CC[C@H](O)[C@]1(O)CO[C@]2(O)C[C@@H](C)[C@]31C[C@@H](c2ccoc2)OC1=O. The number of rotatable bonds is 3. The smallest absolute Gasteiger partial charge is 0.313 e. The van der Waals surface area contributed by atoms with E-state index in [2.05, 4.69) is 0 Å². The van der Waals surface area contributed by atoms with Gasteiger partial charge >= 0.3 is 11.9 Å². The molecule has 2 aliphatic carbocycles. The number of aliphatic hydroxyl groups excluding tert-OH is 1. The predicted molar refractivity (Wildman–Crippen MR) is 102 cm³/mol. The van der Waals surface area contributed by atoms with E-state index in [1.165, 1.54) is 19.5 Å². The summed E-state index contributed by atoms with van der Waals surface area (Å²) < 4.78 is 22.1. The first-order valence-electron chi connectivity index (χ1n) is 10.7. The van der Waals surface area contributed by atoms with Gasteiger partial charge in [-0.3, -0.25) is 9.59 Å². The molecule has 1 aromatic rings. The monoisotopic (exact) mass is 436 g/mol. The molecule has 31 heavy (non-hydrogen) atoms. The van der Waals surface area contributed by atoms with Gasteiger partial charge in [-0.2, -0.15) is 0 Å². The summed E-state index contributed by atoms with van der Waals surface area (Å²) in [6, 6.07) is 1.75. The molecule has 8 atom stereocenters. The molecule has 9 heteroatoms. The highest BCUT2D eigenvalue weighted by Gasteiger charge is 2.83. The van der Waals surface area contributed by atoms with Gasteiger partial charge in [0, 0.05) is 25.3 Å². The van der Waals surface area contributed by atoms with Crippen molar-refractivity contribution in [3.8, 4) is 0 Å². The van der Waals surface area contributed by atoms with Crippen molar-refractivity contribution in [1.29, 1.82) is 0 Å². The minimum atomic E-state index is -1.87. The van der Waals surface area contributed by atoms with Crippen LogP contribution >= 0.6 is 0 Å². The fourth-order valence-corrected chi connectivity index (χ4v) is 7.04. The molecule has 1 spiro atoms. The predicted octanol–water partition coefficient (Wildman–Crippen LogP) is 1.06. The largest absolute Gasteiger partial charge is 0.472 e. The number of carbonyl (C=O) groups is 2. The number of ether oxygens (including phenoxy) is 3. The van der Waals surface area contributed by atoms with Gasteiger partial charge in [0.2, 0.25) is 0 Å². The van der Waals surface area contributed by atoms with Crippen LogP contribution in [0.15, 0.2) is 23.0 Å². The number of hydrogen-bond acceptors (Lipinski definition) is 9. The zero-order valence-electron chi connectivity index (χ0n) is 17.6. The first-order chi connectivity index (χ1) is 14.6. The van der Waals surface area contributed by atoms with E-state index in [-0.39, 0.29) is 32.0 Å². The lowest BCUT2D eigenvalue weighted by Gasteiger charge is -2.63. The molecule has 4 aliphatic rings. The molecule has 0 radical (unpaired) electrons. The fraction of sp³-hybridized carbons (Fsp3) is 0.727. The van der Waals surface area contributed by atoms with Crippen LogP contribution in [0.25, 0.3) is 0 Å². The van der Waals surface area contributed by atoms with Crippen molar-refractivity contribution in [2.24, 2.45) is 22.7 Å². The molecule has 0 unspecified atom stereocenters. The molecule has 0 bridgehead atoms. The summed E-state index contributed by atoms with van der Waals surface area (Å²) in [6.45, 7) is 2.43. The molecule has 2 saturated carbocycles. The quantitative estimate of drug-likeness (QED) is 0.594. The number of carbonyl (C=O) groups excluding carboxylic acids is 2. The van der Waals surface area contributed by atoms with E-state index in [0.717, 1.165) is 5.56 Å². The van der Waals surface area contributed by atoms with E-state index in [1.807, 2.05) is 6.92 Å². The maximum absolute atomic E-state index is 13.5. The van der Waals surface area contributed by atoms with Gasteiger partial charge in [0.25, 0.3) is 0 Å². The van der Waals surface area contributed by atoms with E-state index in [9.17, 15) is 24.9 Å². The highest BCUT2D eigenvalue weighted by Crippen LogP contribution is 2.72. The molecule has 2 saturated heterocycles. The van der Waals surface area contributed by atoms with Crippen LogP contribution in [0.1, 0.15) is 51.2 Å². The Morgan fingerprint density at radius 1 is 1.29 bits per heavy atom. The van der Waals surface area contributed by atoms with Crippen molar-refractivity contribution < 1.29 is 43.5 Å². The molecule has 3 heterocycles. The van der Waals surface area contributed by atoms with Crippen LogP contribution in [0.5, 0.6) is 0 Å². The number of fused-ring (bicyclic) bond motifs is 1. The maximum Gasteiger partial charge on any atom is 0.313 e. The number of cyclic esters (lactones) is 1. The average molecular weight is 436 g/mol. The van der Waals surface area contributed by atoms with Crippen LogP contribution in [-0.2, 0) is 23.8 Å². The molecular formula is C22H28O9. The minimum Gasteiger partial charge on any atom is -0.472 e. The van der Waals surface area contributed by atoms with Crippen LogP contribution in [0.2, 0.25) is 0 Å². The Hall–Kier alpha value is -1.94. The first-order valence-corrected chi connectivity index (χ1v) is 10.7. The van der Waals surface area contributed by atoms with Gasteiger partial charge in [-0.1, -0.05) is 6.92 Å². The van der Waals surface area contributed by atoms with E-state index < -0.39 is 52.3 Å². The van der Waals surface area contributed by atoms with E-state index in [0.29, 0.717) is 12.8 Å². The summed E-state index contributed by atoms with van der Waals surface area (Å²) in [7, 11) is 0. The number of aliphatic hydroxyl groups is 3. The highest BCUT2D eigenvalue weighted by atomic mass is 16.7. The molecular weight excluding hydrogens is 408 g/mol. The molecule has 5 rings (SSSR count). The summed E-state index contributed by atoms with van der Waals surface area (Å²) in [5, 5.41) is 34.1. The van der Waals surface area contributed by atoms with Crippen molar-refractivity contribution in [1.82, 2.24) is 0 Å². The third-order valence-corrected chi connectivity index (χ3v) is 8.53. The Kier molecular flexibility index (Phi) is 4.42. The molecule has 0 aromatic carbocycles. The summed E-state index contributed by atoms with van der Waals surface area (Å²) in [5.41, 5.74) is -3.75. The first kappa shape index (κ1) is 20.9. The Balaban J connectivity index is 1.66. The van der Waals surface area contributed by atoms with Gasteiger partial charge in [-0.15, -0.1) is 0 Å². The van der Waals surface area contributed by atoms with E-state index >= 15 is 0 Å². The van der Waals surface area contributed by atoms with Crippen LogP contribution in [0, 0.1) is 22.7 Å². The summed E-state index contributed by atoms with van der Waals surface area (Å²) >= 11 is 0. The van der Waals surface area contributed by atoms with Crippen molar-refractivity contribution in [2.75, 3.05) is 13.2 Å². The van der Waals surface area contributed by atoms with E-state index in [4.69, 9.17) is 18.6 Å². The second-order valence-electron chi connectivity index (χ2n) is 9.69. The molecule has 9 nitrogen and oxygen atoms in total. The standard InChI is InChI=1S/C22H28O9/c1-12-7-22(27)20(10-29-13(2)23)16(3-4-17(24)21(20,26)11-30-22)19(12)8-15(31-18(19)25)14-5-6-28-9-14/h5-6,9,12,15-17,24,26-27H,3-4,7-8,10-11H2,1-2H3/t12-,15+,16-,17+,19-,20-,21-,22-/m1/s1. The van der Waals surface area contributed by atoms with E-state index in [1.54, 1.807) is 6.07 Å². The highest BCUT2D eigenvalue weighted by molar-refractivity contribution is 5.81. The molecule has 0 amide bonds. The topological polar surface area (TPSA) is 136 Å². The van der Waals surface area contributed by atoms with Gasteiger partial charge in [-0.25, -0.2) is 0 Å². The van der Waals surface area contributed by atoms with Gasteiger partial charge in [-0.05, 0) is 30.7 Å². The Bertz CT molecular complexity index is 899. The number of furan rings is 1. The van der Waals surface area contributed by atoms with Crippen molar-refractivity contribution in [2.45, 2.75) is 63.1 Å². The fourth-order valence-electron chi connectivity index (χ4n) is 7.04. The molecule has 2 aliphatic heterocycles. The van der Waals surface area contributed by atoms with Crippen LogP contribution < -0.4 is 0 Å². The Morgan fingerprint density at radius 3 is 2.74 bits per heavy atom. The van der Waals surface area contributed by atoms with Crippen LogP contribution in [-0.4, -0.2) is 58.0 Å². The van der Waals surface area contributed by atoms with Crippen LogP contribution in [0.3, 0.4) is 0 Å². The average Bonchev–Trinajstić information content (AvgIpc) is 3.40. The second kappa shape index (κ2) is 6.54. The zero-order chi connectivity index (χ0) is 22.2. The molecule has 1 aromatic heterocycles. The normalized spacial score (nSPS) is 48.5. The van der Waals surface area contributed by atoms with Gasteiger partial charge in [0.05, 0.1) is 36.1 Å². The second-order valence-corrected chi connectivity index (χ2v) is 9.69. The lowest BCUT2D eigenvalue weighted by Crippen LogP contribution is -2.75. The lowest BCUT2D eigenvalue weighted by atomic mass is 9.41. The number of hydrogen-bond donors (Lipinski definition) is 3. The summed E-state index contributed by atoms with van der Waals surface area (Å²) in [5.74, 6) is -3.82. The minimum absolute atomic E-state index is 0.0347.